The molecule has 0 aromatic heterocycles. The number of hydrogen-bond donors (Lipinski definition) is 2. The molecule has 96 valence electrons. The third-order valence-corrected chi connectivity index (χ3v) is 2.96. The molecule has 0 radical (unpaired) electrons. The molecule has 1 aromatic carbocycles. The molecule has 0 heterocycles. The summed E-state index contributed by atoms with van der Waals surface area (Å²) in [4.78, 5) is 0. The number of amidine groups is 1. The molecule has 1 aromatic rings. The second-order valence-electron chi connectivity index (χ2n) is 4.42. The van der Waals surface area contributed by atoms with Crippen molar-refractivity contribution in [3.05, 3.63) is 35.4 Å². The van der Waals surface area contributed by atoms with Gasteiger partial charge in [0, 0.05) is 6.42 Å². The van der Waals surface area contributed by atoms with Crippen LogP contribution in [0.25, 0.3) is 0 Å². The summed E-state index contributed by atoms with van der Waals surface area (Å²) in [5.74, 6) is 0.589. The molecule has 0 amide bonds. The summed E-state index contributed by atoms with van der Waals surface area (Å²) in [6, 6.07) is 9.89. The summed E-state index contributed by atoms with van der Waals surface area (Å²) in [5.41, 5.74) is 1.76. The fraction of sp³-hybridized carbons (Fsp3) is 0.467. The molecular formula is C15H21N3. The van der Waals surface area contributed by atoms with Gasteiger partial charge in [-0.3, -0.25) is 5.41 Å². The van der Waals surface area contributed by atoms with Crippen LogP contribution >= 0.6 is 0 Å². The maximum absolute atomic E-state index is 8.90. The van der Waals surface area contributed by atoms with E-state index in [9.17, 15) is 0 Å². The van der Waals surface area contributed by atoms with Crippen LogP contribution in [0, 0.1) is 16.7 Å². The van der Waals surface area contributed by atoms with Gasteiger partial charge >= 0.3 is 0 Å². The first-order valence-electron chi connectivity index (χ1n) is 6.55. The van der Waals surface area contributed by atoms with Gasteiger partial charge < -0.3 is 5.32 Å². The van der Waals surface area contributed by atoms with Gasteiger partial charge in [-0.2, -0.15) is 5.26 Å². The third kappa shape index (κ3) is 4.21. The first kappa shape index (κ1) is 14.2. The van der Waals surface area contributed by atoms with Crippen molar-refractivity contribution in [1.82, 2.24) is 5.32 Å². The zero-order valence-corrected chi connectivity index (χ0v) is 11.2. The molecule has 0 aliphatic heterocycles. The Labute approximate surface area is 109 Å². The lowest BCUT2D eigenvalue weighted by Crippen LogP contribution is -2.27. The summed E-state index contributed by atoms with van der Waals surface area (Å²) < 4.78 is 0. The number of nitrogens with one attached hydrogen (secondary N) is 2. The van der Waals surface area contributed by atoms with E-state index in [1.165, 1.54) is 0 Å². The molecule has 1 unspecified atom stereocenters. The molecular weight excluding hydrogens is 222 g/mol. The minimum absolute atomic E-state index is 0.127. The first-order chi connectivity index (χ1) is 8.71. The molecule has 0 aliphatic rings. The molecule has 0 fully saturated rings. The second kappa shape index (κ2) is 7.50. The molecule has 0 aliphatic carbocycles. The highest BCUT2D eigenvalue weighted by Gasteiger charge is 2.10. The minimum atomic E-state index is 0.127. The molecule has 1 atom stereocenters. The zero-order chi connectivity index (χ0) is 13.4. The lowest BCUT2D eigenvalue weighted by Gasteiger charge is -2.19. The van der Waals surface area contributed by atoms with Crippen LogP contribution in [0.1, 0.15) is 56.7 Å². The van der Waals surface area contributed by atoms with Gasteiger partial charge in [0.1, 0.15) is 0 Å². The van der Waals surface area contributed by atoms with Crippen LogP contribution in [0.15, 0.2) is 24.3 Å². The van der Waals surface area contributed by atoms with Crippen LogP contribution in [-0.4, -0.2) is 5.84 Å². The fourth-order valence-corrected chi connectivity index (χ4v) is 1.88. The van der Waals surface area contributed by atoms with Gasteiger partial charge in [-0.1, -0.05) is 32.4 Å². The number of unbranched alkanes of at least 4 members (excludes halogenated alkanes) is 1. The van der Waals surface area contributed by atoms with E-state index in [2.05, 4.69) is 25.2 Å². The summed E-state index contributed by atoms with van der Waals surface area (Å²) in [7, 11) is 0. The van der Waals surface area contributed by atoms with E-state index in [1.807, 2.05) is 18.2 Å². The molecule has 0 saturated carbocycles. The van der Waals surface area contributed by atoms with Gasteiger partial charge in [0.05, 0.1) is 23.5 Å². The molecule has 3 heteroatoms. The monoisotopic (exact) mass is 243 g/mol. The van der Waals surface area contributed by atoms with Crippen LogP contribution < -0.4 is 5.32 Å². The van der Waals surface area contributed by atoms with Crippen molar-refractivity contribution in [2.45, 2.75) is 45.6 Å². The Morgan fingerprint density at radius 3 is 2.83 bits per heavy atom. The van der Waals surface area contributed by atoms with E-state index in [0.29, 0.717) is 11.4 Å². The SMILES string of the molecule is CCCCC(=N)NC(CC)c1cccc(C#N)c1. The third-order valence-electron chi connectivity index (χ3n) is 2.96. The molecule has 2 N–H and O–H groups in total. The second-order valence-corrected chi connectivity index (χ2v) is 4.42. The molecule has 1 rings (SSSR count). The van der Waals surface area contributed by atoms with Gasteiger partial charge in [-0.15, -0.1) is 0 Å². The zero-order valence-electron chi connectivity index (χ0n) is 11.2. The average Bonchev–Trinajstić information content (AvgIpc) is 2.42. The smallest absolute Gasteiger partial charge is 0.0991 e. The largest absolute Gasteiger partial charge is 0.367 e. The van der Waals surface area contributed by atoms with Crippen LogP contribution in [0.4, 0.5) is 0 Å². The summed E-state index contributed by atoms with van der Waals surface area (Å²) in [6.07, 6.45) is 3.85. The summed E-state index contributed by atoms with van der Waals surface area (Å²) >= 11 is 0. The molecule has 3 nitrogen and oxygen atoms in total. The van der Waals surface area contributed by atoms with E-state index in [1.54, 1.807) is 6.07 Å². The highest BCUT2D eigenvalue weighted by atomic mass is 15.0. The van der Waals surface area contributed by atoms with Gasteiger partial charge in [0.25, 0.3) is 0 Å². The van der Waals surface area contributed by atoms with Crippen molar-refractivity contribution >= 4 is 5.84 Å². The number of rotatable bonds is 6. The Morgan fingerprint density at radius 1 is 1.44 bits per heavy atom. The van der Waals surface area contributed by atoms with Crippen molar-refractivity contribution in [2.75, 3.05) is 0 Å². The molecule has 18 heavy (non-hydrogen) atoms. The predicted octanol–water partition coefficient (Wildman–Crippen LogP) is 3.77. The quantitative estimate of drug-likeness (QED) is 0.590. The van der Waals surface area contributed by atoms with Gasteiger partial charge in [-0.25, -0.2) is 0 Å². The normalized spacial score (nSPS) is 11.6. The van der Waals surface area contributed by atoms with Crippen LogP contribution in [0.3, 0.4) is 0 Å². The van der Waals surface area contributed by atoms with E-state index in [-0.39, 0.29) is 6.04 Å². The lowest BCUT2D eigenvalue weighted by atomic mass is 10.0. The number of nitriles is 1. The fourth-order valence-electron chi connectivity index (χ4n) is 1.88. The Bertz CT molecular complexity index is 432. The first-order valence-corrected chi connectivity index (χ1v) is 6.55. The van der Waals surface area contributed by atoms with Crippen LogP contribution in [-0.2, 0) is 0 Å². The highest BCUT2D eigenvalue weighted by Crippen LogP contribution is 2.18. The van der Waals surface area contributed by atoms with Gasteiger partial charge in [0.2, 0.25) is 0 Å². The Balaban J connectivity index is 2.71. The van der Waals surface area contributed by atoms with Crippen molar-refractivity contribution in [1.29, 1.82) is 10.7 Å². The van der Waals surface area contributed by atoms with Crippen molar-refractivity contribution in [3.63, 3.8) is 0 Å². The predicted molar refractivity (Wildman–Crippen MR) is 74.6 cm³/mol. The number of benzene rings is 1. The Kier molecular flexibility index (Phi) is 5.93. The van der Waals surface area contributed by atoms with Gasteiger partial charge in [0.15, 0.2) is 0 Å². The number of hydrogen-bond acceptors (Lipinski definition) is 2. The van der Waals surface area contributed by atoms with E-state index < -0.39 is 0 Å². The lowest BCUT2D eigenvalue weighted by molar-refractivity contribution is 0.611. The summed E-state index contributed by atoms with van der Waals surface area (Å²) in [6.45, 7) is 4.21. The van der Waals surface area contributed by atoms with Crippen molar-refractivity contribution in [2.24, 2.45) is 0 Å². The van der Waals surface area contributed by atoms with Crippen LogP contribution in [0.2, 0.25) is 0 Å². The summed E-state index contributed by atoms with van der Waals surface area (Å²) in [5, 5.41) is 20.0. The highest BCUT2D eigenvalue weighted by molar-refractivity contribution is 5.79. The van der Waals surface area contributed by atoms with Crippen molar-refractivity contribution < 1.29 is 0 Å². The van der Waals surface area contributed by atoms with Crippen LogP contribution in [0.5, 0.6) is 0 Å². The van der Waals surface area contributed by atoms with Gasteiger partial charge in [-0.05, 0) is 30.5 Å². The Hall–Kier alpha value is -1.82. The van der Waals surface area contributed by atoms with E-state index in [4.69, 9.17) is 10.7 Å². The molecule has 0 saturated heterocycles. The standard InChI is InChI=1S/C15H21N3/c1-3-5-9-15(17)18-14(4-2)13-8-6-7-12(10-13)11-16/h6-8,10,14H,3-5,9H2,1-2H3,(H2,17,18). The maximum atomic E-state index is 8.90. The minimum Gasteiger partial charge on any atom is -0.367 e. The van der Waals surface area contributed by atoms with E-state index >= 15 is 0 Å². The Morgan fingerprint density at radius 2 is 2.22 bits per heavy atom. The number of nitrogens with zero attached hydrogens (tertiary/aromatic N) is 1. The topological polar surface area (TPSA) is 59.7 Å². The average molecular weight is 243 g/mol. The molecule has 0 bridgehead atoms. The van der Waals surface area contributed by atoms with E-state index in [0.717, 1.165) is 31.2 Å². The molecule has 0 spiro atoms. The maximum Gasteiger partial charge on any atom is 0.0991 e. The van der Waals surface area contributed by atoms with Crippen molar-refractivity contribution in [3.8, 4) is 6.07 Å².